The van der Waals surface area contributed by atoms with Crippen molar-refractivity contribution in [2.24, 2.45) is 0 Å². The summed E-state index contributed by atoms with van der Waals surface area (Å²) in [7, 11) is -5.50. The number of aromatic nitrogens is 4. The molecule has 0 saturated heterocycles. The summed E-state index contributed by atoms with van der Waals surface area (Å²) < 4.78 is 35.2. The van der Waals surface area contributed by atoms with Gasteiger partial charge in [0.05, 0.1) is 46.8 Å². The fraction of sp³-hybridized carbons (Fsp3) is 0.346. The van der Waals surface area contributed by atoms with Gasteiger partial charge in [-0.2, -0.15) is 10.2 Å². The summed E-state index contributed by atoms with van der Waals surface area (Å²) in [6, 6.07) is 14.6. The Morgan fingerprint density at radius 1 is 1.00 bits per heavy atom. The van der Waals surface area contributed by atoms with Gasteiger partial charge in [-0.3, -0.25) is 9.48 Å². The van der Waals surface area contributed by atoms with Crippen LogP contribution in [0.4, 0.5) is 0 Å². The molecule has 2 heterocycles. The highest BCUT2D eigenvalue weighted by molar-refractivity contribution is 7.91. The molecule has 0 unspecified atom stereocenters. The van der Waals surface area contributed by atoms with Crippen LogP contribution in [-0.2, 0) is 27.4 Å². The first-order valence-electron chi connectivity index (χ1n) is 11.8. The second-order valence-corrected chi connectivity index (χ2v) is 17.1. The van der Waals surface area contributed by atoms with Gasteiger partial charge in [-0.15, -0.1) is 0 Å². The van der Waals surface area contributed by atoms with Crippen LogP contribution < -0.4 is 5.56 Å². The predicted octanol–water partition coefficient (Wildman–Crippen LogP) is 4.50. The number of hydrogen-bond donors (Lipinski definition) is 0. The van der Waals surface area contributed by atoms with Crippen LogP contribution in [0.2, 0.25) is 18.1 Å². The molecule has 0 atom stereocenters. The highest BCUT2D eigenvalue weighted by atomic mass is 32.2. The van der Waals surface area contributed by atoms with Gasteiger partial charge in [0.1, 0.15) is 0 Å². The maximum absolute atomic E-state index is 13.0. The number of nitrogens with zero attached hydrogens (tertiary/aromatic N) is 4. The Balaban J connectivity index is 1.49. The van der Waals surface area contributed by atoms with Crippen molar-refractivity contribution < 1.29 is 12.8 Å². The average Bonchev–Trinajstić information content (AvgIpc) is 3.27. The van der Waals surface area contributed by atoms with E-state index in [9.17, 15) is 13.2 Å². The zero-order chi connectivity index (χ0) is 26.1. The summed E-state index contributed by atoms with van der Waals surface area (Å²) in [6.07, 6.45) is 3.39. The minimum absolute atomic E-state index is 0.124. The Bertz CT molecular complexity index is 1540. The third kappa shape index (κ3) is 5.35. The maximum atomic E-state index is 13.0. The van der Waals surface area contributed by atoms with Gasteiger partial charge in [-0.1, -0.05) is 39.0 Å². The third-order valence-electron chi connectivity index (χ3n) is 6.79. The maximum Gasteiger partial charge on any atom is 0.274 e. The molecule has 4 rings (SSSR count). The van der Waals surface area contributed by atoms with E-state index in [1.165, 1.54) is 23.0 Å². The van der Waals surface area contributed by atoms with Crippen LogP contribution in [0.3, 0.4) is 0 Å². The molecule has 0 spiro atoms. The van der Waals surface area contributed by atoms with E-state index in [-0.39, 0.29) is 26.9 Å². The van der Waals surface area contributed by atoms with Crippen LogP contribution in [0.25, 0.3) is 10.8 Å². The number of sulfone groups is 1. The van der Waals surface area contributed by atoms with Crippen molar-refractivity contribution in [3.05, 3.63) is 83.0 Å². The second kappa shape index (κ2) is 9.76. The van der Waals surface area contributed by atoms with E-state index < -0.39 is 18.2 Å². The van der Waals surface area contributed by atoms with E-state index in [2.05, 4.69) is 44.1 Å². The van der Waals surface area contributed by atoms with Crippen molar-refractivity contribution in [3.63, 3.8) is 0 Å². The molecular formula is C26H32N4O4SSi. The van der Waals surface area contributed by atoms with Gasteiger partial charge in [0.2, 0.25) is 9.84 Å². The largest absolute Gasteiger partial charge is 0.415 e. The molecule has 8 nitrogen and oxygen atoms in total. The zero-order valence-corrected chi connectivity index (χ0v) is 23.1. The number of hydrogen-bond acceptors (Lipinski definition) is 6. The van der Waals surface area contributed by atoms with Crippen LogP contribution >= 0.6 is 0 Å². The smallest absolute Gasteiger partial charge is 0.274 e. The normalized spacial score (nSPS) is 12.8. The Hall–Kier alpha value is -3.08. The molecule has 0 amide bonds. The van der Waals surface area contributed by atoms with Crippen molar-refractivity contribution in [2.45, 2.75) is 61.8 Å². The van der Waals surface area contributed by atoms with E-state index in [4.69, 9.17) is 4.43 Å². The molecule has 0 radical (unpaired) electrons. The lowest BCUT2D eigenvalue weighted by Crippen LogP contribution is -2.41. The van der Waals surface area contributed by atoms with Gasteiger partial charge < -0.3 is 4.43 Å². The molecule has 0 bridgehead atoms. The van der Waals surface area contributed by atoms with Crippen molar-refractivity contribution in [1.29, 1.82) is 0 Å². The lowest BCUT2D eigenvalue weighted by molar-refractivity contribution is 0.265. The Labute approximate surface area is 212 Å². The van der Waals surface area contributed by atoms with E-state index in [1.807, 2.05) is 16.9 Å². The molecule has 2 aromatic carbocycles. The predicted molar refractivity (Wildman–Crippen MR) is 142 cm³/mol. The van der Waals surface area contributed by atoms with E-state index in [1.54, 1.807) is 36.4 Å². The van der Waals surface area contributed by atoms with Gasteiger partial charge in [-0.25, -0.2) is 13.1 Å². The lowest BCUT2D eigenvalue weighted by Gasteiger charge is -2.36. The SMILES string of the molecule is CC(C)(C)[Si](C)(C)OCCn1ccc(Cn2ncc3cc(S(=O)(=O)c4ccccc4)ccc3c2=O)n1. The molecule has 0 N–H and O–H groups in total. The standard InChI is InChI=1S/C26H32N4O4SSi/c1-26(2,3)36(4,5)34-16-15-29-14-13-21(28-29)19-30-25(31)24-12-11-23(17-20(24)18-27-30)35(32,33)22-9-7-6-8-10-22/h6-14,17-18H,15-16,19H2,1-5H3. The third-order valence-corrected chi connectivity index (χ3v) is 13.1. The summed E-state index contributed by atoms with van der Waals surface area (Å²) >= 11 is 0. The van der Waals surface area contributed by atoms with E-state index >= 15 is 0 Å². The van der Waals surface area contributed by atoms with Gasteiger partial charge in [0.25, 0.3) is 5.56 Å². The van der Waals surface area contributed by atoms with Gasteiger partial charge in [-0.05, 0) is 54.5 Å². The van der Waals surface area contributed by atoms with E-state index in [0.717, 1.165) is 0 Å². The molecule has 36 heavy (non-hydrogen) atoms. The van der Waals surface area contributed by atoms with Crippen molar-refractivity contribution in [1.82, 2.24) is 19.6 Å². The number of fused-ring (bicyclic) bond motifs is 1. The first-order valence-corrected chi connectivity index (χ1v) is 16.2. The highest BCUT2D eigenvalue weighted by Gasteiger charge is 2.36. The first kappa shape index (κ1) is 26.0. The molecular weight excluding hydrogens is 492 g/mol. The lowest BCUT2D eigenvalue weighted by atomic mass is 10.2. The summed E-state index contributed by atoms with van der Waals surface area (Å²) in [4.78, 5) is 13.4. The minimum Gasteiger partial charge on any atom is -0.415 e. The summed E-state index contributed by atoms with van der Waals surface area (Å²) in [5.74, 6) is 0. The van der Waals surface area contributed by atoms with Crippen LogP contribution in [0.5, 0.6) is 0 Å². The average molecular weight is 525 g/mol. The molecule has 0 aliphatic carbocycles. The molecule has 0 aliphatic rings. The fourth-order valence-corrected chi connectivity index (χ4v) is 5.91. The van der Waals surface area contributed by atoms with E-state index in [0.29, 0.717) is 29.6 Å². The molecule has 190 valence electrons. The number of rotatable bonds is 8. The molecule has 0 saturated carbocycles. The molecule has 0 fully saturated rings. The van der Waals surface area contributed by atoms with Gasteiger partial charge in [0, 0.05) is 11.6 Å². The molecule has 10 heteroatoms. The van der Waals surface area contributed by atoms with Crippen molar-refractivity contribution in [3.8, 4) is 0 Å². The first-order chi connectivity index (χ1) is 16.9. The van der Waals surface area contributed by atoms with Crippen LogP contribution in [0.15, 0.2) is 81.6 Å². The van der Waals surface area contributed by atoms with Crippen molar-refractivity contribution >= 4 is 28.9 Å². The Morgan fingerprint density at radius 2 is 1.72 bits per heavy atom. The van der Waals surface area contributed by atoms with Crippen LogP contribution in [0.1, 0.15) is 26.5 Å². The van der Waals surface area contributed by atoms with Crippen molar-refractivity contribution in [2.75, 3.05) is 6.61 Å². The van der Waals surface area contributed by atoms with Gasteiger partial charge >= 0.3 is 0 Å². The molecule has 0 aliphatic heterocycles. The quantitative estimate of drug-likeness (QED) is 0.315. The topological polar surface area (TPSA) is 96.1 Å². The van der Waals surface area contributed by atoms with Crippen LogP contribution in [0, 0.1) is 0 Å². The Kier molecular flexibility index (Phi) is 7.05. The second-order valence-electron chi connectivity index (χ2n) is 10.4. The molecule has 2 aromatic heterocycles. The zero-order valence-electron chi connectivity index (χ0n) is 21.3. The minimum atomic E-state index is -3.68. The fourth-order valence-electron chi connectivity index (χ4n) is 3.56. The summed E-state index contributed by atoms with van der Waals surface area (Å²) in [5, 5.41) is 9.86. The summed E-state index contributed by atoms with van der Waals surface area (Å²) in [6.45, 7) is 12.5. The van der Waals surface area contributed by atoms with Crippen LogP contribution in [-0.4, -0.2) is 42.9 Å². The van der Waals surface area contributed by atoms with Gasteiger partial charge in [0.15, 0.2) is 8.32 Å². The molecule has 4 aromatic rings. The monoisotopic (exact) mass is 524 g/mol. The Morgan fingerprint density at radius 3 is 2.42 bits per heavy atom. The number of benzene rings is 2. The summed E-state index contributed by atoms with van der Waals surface area (Å²) in [5.41, 5.74) is 0.409. The highest BCUT2D eigenvalue weighted by Crippen LogP contribution is 2.36.